The summed E-state index contributed by atoms with van der Waals surface area (Å²) >= 11 is 0. The summed E-state index contributed by atoms with van der Waals surface area (Å²) in [6, 6.07) is 5.51. The Morgan fingerprint density at radius 3 is 2.95 bits per heavy atom. The fourth-order valence-corrected chi connectivity index (χ4v) is 1.97. The molecular formula is C15H21FN2O2. The number of benzene rings is 1. The molecule has 0 aromatic heterocycles. The highest BCUT2D eigenvalue weighted by Crippen LogP contribution is 2.20. The lowest BCUT2D eigenvalue weighted by Gasteiger charge is -2.08. The lowest BCUT2D eigenvalue weighted by atomic mass is 10.2. The van der Waals surface area contributed by atoms with E-state index in [1.807, 2.05) is 0 Å². The van der Waals surface area contributed by atoms with E-state index in [4.69, 9.17) is 4.74 Å². The Labute approximate surface area is 118 Å². The molecule has 110 valence electrons. The average Bonchev–Trinajstić information content (AvgIpc) is 3.24. The van der Waals surface area contributed by atoms with Crippen LogP contribution in [0.1, 0.15) is 31.2 Å². The van der Waals surface area contributed by atoms with E-state index in [-0.39, 0.29) is 17.5 Å². The number of carbonyl (C=O) groups is 1. The maximum atomic E-state index is 13.8. The van der Waals surface area contributed by atoms with Gasteiger partial charge >= 0.3 is 0 Å². The van der Waals surface area contributed by atoms with E-state index in [9.17, 15) is 9.18 Å². The largest absolute Gasteiger partial charge is 0.494 e. The van der Waals surface area contributed by atoms with E-state index in [0.29, 0.717) is 31.1 Å². The Kier molecular flexibility index (Phi) is 5.35. The van der Waals surface area contributed by atoms with E-state index < -0.39 is 0 Å². The second-order valence-corrected chi connectivity index (χ2v) is 5.06. The highest BCUT2D eigenvalue weighted by atomic mass is 19.1. The van der Waals surface area contributed by atoms with Crippen LogP contribution in [0.4, 0.5) is 4.39 Å². The molecule has 1 saturated carbocycles. The van der Waals surface area contributed by atoms with Crippen molar-refractivity contribution in [3.8, 4) is 5.75 Å². The first kappa shape index (κ1) is 14.8. The summed E-state index contributed by atoms with van der Waals surface area (Å²) in [5, 5.41) is 6.09. The zero-order valence-electron chi connectivity index (χ0n) is 11.7. The van der Waals surface area contributed by atoms with E-state index >= 15 is 0 Å². The molecule has 0 spiro atoms. The van der Waals surface area contributed by atoms with Crippen LogP contribution in [-0.2, 0) is 11.3 Å². The predicted octanol–water partition coefficient (Wildman–Crippen LogP) is 1.98. The predicted molar refractivity (Wildman–Crippen MR) is 75.1 cm³/mol. The van der Waals surface area contributed by atoms with Crippen molar-refractivity contribution >= 4 is 5.91 Å². The SMILES string of the molecule is COc1cccc(CNCCCC(=O)NC2CC2)c1F. The van der Waals surface area contributed by atoms with Crippen molar-refractivity contribution in [3.05, 3.63) is 29.6 Å². The van der Waals surface area contributed by atoms with Gasteiger partial charge in [-0.3, -0.25) is 4.79 Å². The van der Waals surface area contributed by atoms with Gasteiger partial charge in [0.2, 0.25) is 5.91 Å². The maximum Gasteiger partial charge on any atom is 0.220 e. The molecular weight excluding hydrogens is 259 g/mol. The molecule has 1 aliphatic carbocycles. The van der Waals surface area contributed by atoms with E-state index in [0.717, 1.165) is 19.3 Å². The Morgan fingerprint density at radius 1 is 1.45 bits per heavy atom. The minimum atomic E-state index is -0.325. The van der Waals surface area contributed by atoms with Crippen LogP contribution in [0.2, 0.25) is 0 Å². The minimum Gasteiger partial charge on any atom is -0.494 e. The lowest BCUT2D eigenvalue weighted by molar-refractivity contribution is -0.121. The van der Waals surface area contributed by atoms with Gasteiger partial charge in [0.15, 0.2) is 11.6 Å². The smallest absolute Gasteiger partial charge is 0.220 e. The van der Waals surface area contributed by atoms with Gasteiger partial charge in [-0.15, -0.1) is 0 Å². The van der Waals surface area contributed by atoms with Gasteiger partial charge < -0.3 is 15.4 Å². The second kappa shape index (κ2) is 7.24. The van der Waals surface area contributed by atoms with Crippen molar-refractivity contribution in [2.45, 2.75) is 38.3 Å². The minimum absolute atomic E-state index is 0.113. The normalized spacial score (nSPS) is 14.1. The van der Waals surface area contributed by atoms with Crippen molar-refractivity contribution in [1.82, 2.24) is 10.6 Å². The standard InChI is InChI=1S/C15H21FN2O2/c1-20-13-5-2-4-11(15(13)16)10-17-9-3-6-14(19)18-12-7-8-12/h2,4-5,12,17H,3,6-10H2,1H3,(H,18,19). The summed E-state index contributed by atoms with van der Waals surface area (Å²) in [7, 11) is 1.45. The van der Waals surface area contributed by atoms with Crippen molar-refractivity contribution < 1.29 is 13.9 Å². The third-order valence-electron chi connectivity index (χ3n) is 3.28. The van der Waals surface area contributed by atoms with Crippen LogP contribution in [0, 0.1) is 5.82 Å². The molecule has 0 heterocycles. The number of hydrogen-bond donors (Lipinski definition) is 2. The second-order valence-electron chi connectivity index (χ2n) is 5.06. The van der Waals surface area contributed by atoms with Crippen LogP contribution in [-0.4, -0.2) is 25.6 Å². The number of methoxy groups -OCH3 is 1. The van der Waals surface area contributed by atoms with Gasteiger partial charge in [0.1, 0.15) is 0 Å². The molecule has 0 saturated heterocycles. The first-order chi connectivity index (χ1) is 9.70. The number of rotatable bonds is 8. The van der Waals surface area contributed by atoms with Crippen LogP contribution in [0.25, 0.3) is 0 Å². The lowest BCUT2D eigenvalue weighted by Crippen LogP contribution is -2.26. The number of ether oxygens (including phenoxy) is 1. The highest BCUT2D eigenvalue weighted by molar-refractivity contribution is 5.76. The number of amides is 1. The van der Waals surface area contributed by atoms with Crippen molar-refractivity contribution in [2.24, 2.45) is 0 Å². The third-order valence-corrected chi connectivity index (χ3v) is 3.28. The van der Waals surface area contributed by atoms with Gasteiger partial charge in [0.05, 0.1) is 7.11 Å². The molecule has 0 unspecified atom stereocenters. The Morgan fingerprint density at radius 2 is 2.25 bits per heavy atom. The third kappa shape index (κ3) is 4.49. The fraction of sp³-hybridized carbons (Fsp3) is 0.533. The van der Waals surface area contributed by atoms with Gasteiger partial charge in [-0.1, -0.05) is 12.1 Å². The molecule has 1 aromatic rings. The van der Waals surface area contributed by atoms with Gasteiger partial charge in [0, 0.05) is 24.6 Å². The monoisotopic (exact) mass is 280 g/mol. The summed E-state index contributed by atoms with van der Waals surface area (Å²) in [4.78, 5) is 11.4. The molecule has 0 radical (unpaired) electrons. The van der Waals surface area contributed by atoms with Crippen molar-refractivity contribution in [2.75, 3.05) is 13.7 Å². The molecule has 4 nitrogen and oxygen atoms in total. The molecule has 2 rings (SSSR count). The highest BCUT2D eigenvalue weighted by Gasteiger charge is 2.22. The van der Waals surface area contributed by atoms with Gasteiger partial charge in [-0.25, -0.2) is 4.39 Å². The first-order valence-electron chi connectivity index (χ1n) is 7.02. The summed E-state index contributed by atoms with van der Waals surface area (Å²) in [5.41, 5.74) is 0.576. The molecule has 20 heavy (non-hydrogen) atoms. The fourth-order valence-electron chi connectivity index (χ4n) is 1.97. The zero-order valence-corrected chi connectivity index (χ0v) is 11.7. The van der Waals surface area contributed by atoms with Crippen LogP contribution in [0.15, 0.2) is 18.2 Å². The number of halogens is 1. The summed E-state index contributed by atoms with van der Waals surface area (Å²) in [5.74, 6) is 0.0453. The van der Waals surface area contributed by atoms with E-state index in [2.05, 4.69) is 10.6 Å². The van der Waals surface area contributed by atoms with Gasteiger partial charge in [0.25, 0.3) is 0 Å². The molecule has 0 aliphatic heterocycles. The summed E-state index contributed by atoms with van der Waals surface area (Å²) in [6.45, 7) is 1.13. The molecule has 0 bridgehead atoms. The number of carbonyl (C=O) groups excluding carboxylic acids is 1. The van der Waals surface area contributed by atoms with E-state index in [1.165, 1.54) is 7.11 Å². The van der Waals surface area contributed by atoms with Gasteiger partial charge in [-0.2, -0.15) is 0 Å². The van der Waals surface area contributed by atoms with Crippen LogP contribution in [0.5, 0.6) is 5.75 Å². The maximum absolute atomic E-state index is 13.8. The molecule has 1 fully saturated rings. The molecule has 5 heteroatoms. The summed E-state index contributed by atoms with van der Waals surface area (Å²) < 4.78 is 18.8. The molecule has 0 atom stereocenters. The Hall–Kier alpha value is -1.62. The molecule has 2 N–H and O–H groups in total. The quantitative estimate of drug-likeness (QED) is 0.716. The van der Waals surface area contributed by atoms with Gasteiger partial charge in [-0.05, 0) is 31.9 Å². The van der Waals surface area contributed by atoms with Crippen LogP contribution < -0.4 is 15.4 Å². The Bertz CT molecular complexity index is 461. The zero-order chi connectivity index (χ0) is 14.4. The molecule has 1 aliphatic rings. The Balaban J connectivity index is 1.64. The molecule has 1 aromatic carbocycles. The topological polar surface area (TPSA) is 50.4 Å². The average molecular weight is 280 g/mol. The first-order valence-corrected chi connectivity index (χ1v) is 7.02. The number of nitrogens with one attached hydrogen (secondary N) is 2. The van der Waals surface area contributed by atoms with E-state index in [1.54, 1.807) is 18.2 Å². The van der Waals surface area contributed by atoms with Crippen molar-refractivity contribution in [1.29, 1.82) is 0 Å². The van der Waals surface area contributed by atoms with Crippen molar-refractivity contribution in [3.63, 3.8) is 0 Å². The molecule has 1 amide bonds. The van der Waals surface area contributed by atoms with Crippen LogP contribution >= 0.6 is 0 Å². The summed E-state index contributed by atoms with van der Waals surface area (Å²) in [6.07, 6.45) is 3.49. The number of hydrogen-bond acceptors (Lipinski definition) is 3. The van der Waals surface area contributed by atoms with Crippen LogP contribution in [0.3, 0.4) is 0 Å².